The average Bonchev–Trinajstić information content (AvgIpc) is 2.39. The lowest BCUT2D eigenvalue weighted by Gasteiger charge is -2.35. The molecule has 0 aromatic heterocycles. The fourth-order valence-electron chi connectivity index (χ4n) is 2.28. The van der Waals surface area contributed by atoms with E-state index in [1.807, 2.05) is 35.2 Å². The molecule has 1 aliphatic rings. The van der Waals surface area contributed by atoms with Gasteiger partial charge in [-0.2, -0.15) is 11.8 Å². The van der Waals surface area contributed by atoms with Gasteiger partial charge in [-0.05, 0) is 5.56 Å². The van der Waals surface area contributed by atoms with Crippen molar-refractivity contribution in [2.24, 2.45) is 5.73 Å². The van der Waals surface area contributed by atoms with Crippen LogP contribution in [0, 0.1) is 0 Å². The van der Waals surface area contributed by atoms with Gasteiger partial charge >= 0.3 is 0 Å². The summed E-state index contributed by atoms with van der Waals surface area (Å²) in [4.78, 5) is 2.00. The molecule has 0 spiro atoms. The average molecular weight is 300 g/mol. The van der Waals surface area contributed by atoms with Crippen molar-refractivity contribution in [1.29, 1.82) is 0 Å². The number of nitrogens with zero attached hydrogens (tertiary/aromatic N) is 1. The van der Waals surface area contributed by atoms with Gasteiger partial charge in [0, 0.05) is 36.9 Å². The molecule has 19 heavy (non-hydrogen) atoms. The minimum Gasteiger partial charge on any atom is -0.323 e. The molecule has 106 valence electrons. The van der Waals surface area contributed by atoms with E-state index in [0.717, 1.165) is 17.9 Å². The zero-order valence-electron chi connectivity index (χ0n) is 11.0. The van der Waals surface area contributed by atoms with Gasteiger partial charge in [-0.15, -0.1) is 0 Å². The molecule has 2 N–H and O–H groups in total. The predicted octanol–water partition coefficient (Wildman–Crippen LogP) is 1.11. The van der Waals surface area contributed by atoms with Gasteiger partial charge in [0.05, 0.1) is 0 Å². The topological polar surface area (TPSA) is 63.4 Å². The monoisotopic (exact) mass is 300 g/mol. The summed E-state index contributed by atoms with van der Waals surface area (Å²) in [5.74, 6) is 1.61. The maximum Gasteiger partial charge on any atom is 0.164 e. The number of hydrogen-bond acceptors (Lipinski definition) is 5. The molecule has 1 aromatic rings. The smallest absolute Gasteiger partial charge is 0.164 e. The Morgan fingerprint density at radius 3 is 2.74 bits per heavy atom. The largest absolute Gasteiger partial charge is 0.323 e. The summed E-state index contributed by atoms with van der Waals surface area (Å²) in [6.45, 7) is 1.37. The van der Waals surface area contributed by atoms with E-state index in [2.05, 4.69) is 0 Å². The lowest BCUT2D eigenvalue weighted by Crippen LogP contribution is -2.49. The fourth-order valence-corrected chi connectivity index (χ4v) is 5.23. The van der Waals surface area contributed by atoms with Crippen LogP contribution in [0.2, 0.25) is 0 Å². The Hall–Kier alpha value is -0.560. The van der Waals surface area contributed by atoms with Crippen LogP contribution in [0.15, 0.2) is 30.3 Å². The predicted molar refractivity (Wildman–Crippen MR) is 80.9 cm³/mol. The highest BCUT2D eigenvalue weighted by Crippen LogP contribution is 2.22. The third-order valence-electron chi connectivity index (χ3n) is 3.34. The van der Waals surface area contributed by atoms with E-state index < -0.39 is 15.2 Å². The maximum absolute atomic E-state index is 11.8. The Kier molecular flexibility index (Phi) is 4.89. The van der Waals surface area contributed by atoms with E-state index in [-0.39, 0.29) is 6.04 Å². The highest BCUT2D eigenvalue weighted by Gasteiger charge is 2.31. The molecule has 0 aliphatic carbocycles. The molecule has 1 aromatic carbocycles. The van der Waals surface area contributed by atoms with Gasteiger partial charge in [-0.3, -0.25) is 4.90 Å². The second-order valence-electron chi connectivity index (χ2n) is 4.87. The highest BCUT2D eigenvalue weighted by atomic mass is 32.2. The zero-order chi connectivity index (χ0) is 13.9. The van der Waals surface area contributed by atoms with Crippen LogP contribution in [0.5, 0.6) is 0 Å². The minimum atomic E-state index is -3.05. The summed E-state index contributed by atoms with van der Waals surface area (Å²) in [6, 6.07) is 9.68. The SMILES string of the molecule is CS(=O)(=O)C1CSCCN1CC(N)c1ccccc1. The van der Waals surface area contributed by atoms with E-state index in [4.69, 9.17) is 5.73 Å². The molecule has 0 radical (unpaired) electrons. The summed E-state index contributed by atoms with van der Waals surface area (Å²) in [5.41, 5.74) is 7.24. The van der Waals surface area contributed by atoms with Crippen molar-refractivity contribution < 1.29 is 8.42 Å². The standard InChI is InChI=1S/C13H20N2O2S2/c1-19(16,17)13-10-18-8-7-15(13)9-12(14)11-5-3-2-4-6-11/h2-6,12-13H,7-10,14H2,1H3. The van der Waals surface area contributed by atoms with Crippen molar-refractivity contribution in [2.45, 2.75) is 11.4 Å². The van der Waals surface area contributed by atoms with Gasteiger partial charge < -0.3 is 5.73 Å². The normalized spacial score (nSPS) is 23.2. The molecule has 1 aliphatic heterocycles. The van der Waals surface area contributed by atoms with Crippen molar-refractivity contribution in [3.05, 3.63) is 35.9 Å². The maximum atomic E-state index is 11.8. The van der Waals surface area contributed by atoms with E-state index in [1.54, 1.807) is 11.8 Å². The van der Waals surface area contributed by atoms with Crippen LogP contribution in [0.25, 0.3) is 0 Å². The van der Waals surface area contributed by atoms with Crippen molar-refractivity contribution >= 4 is 21.6 Å². The van der Waals surface area contributed by atoms with Gasteiger partial charge in [-0.25, -0.2) is 8.42 Å². The molecule has 2 unspecified atom stereocenters. The molecule has 1 heterocycles. The Balaban J connectivity index is 2.08. The number of sulfone groups is 1. The third-order valence-corrected chi connectivity index (χ3v) is 6.03. The Morgan fingerprint density at radius 2 is 2.11 bits per heavy atom. The highest BCUT2D eigenvalue weighted by molar-refractivity contribution is 8.00. The van der Waals surface area contributed by atoms with Crippen LogP contribution in [0.4, 0.5) is 0 Å². The first-order chi connectivity index (χ1) is 8.98. The lowest BCUT2D eigenvalue weighted by atomic mass is 10.1. The Morgan fingerprint density at radius 1 is 1.42 bits per heavy atom. The summed E-state index contributed by atoms with van der Waals surface area (Å²) < 4.78 is 23.6. The van der Waals surface area contributed by atoms with Crippen LogP contribution in [-0.2, 0) is 9.84 Å². The van der Waals surface area contributed by atoms with Crippen LogP contribution in [-0.4, -0.2) is 49.5 Å². The number of benzene rings is 1. The molecule has 0 amide bonds. The first kappa shape index (κ1) is 14.8. The molecule has 1 fully saturated rings. The van der Waals surface area contributed by atoms with Crippen molar-refractivity contribution in [3.8, 4) is 0 Å². The fraction of sp³-hybridized carbons (Fsp3) is 0.538. The Labute approximate surface area is 119 Å². The van der Waals surface area contributed by atoms with Gasteiger partial charge in [-0.1, -0.05) is 30.3 Å². The van der Waals surface area contributed by atoms with Crippen LogP contribution < -0.4 is 5.73 Å². The Bertz CT molecular complexity index is 505. The minimum absolute atomic E-state index is 0.145. The first-order valence-electron chi connectivity index (χ1n) is 6.29. The van der Waals surface area contributed by atoms with Crippen molar-refractivity contribution in [1.82, 2.24) is 4.90 Å². The van der Waals surface area contributed by atoms with Crippen molar-refractivity contribution in [2.75, 3.05) is 30.9 Å². The van der Waals surface area contributed by atoms with Gasteiger partial charge in [0.25, 0.3) is 0 Å². The van der Waals surface area contributed by atoms with Crippen LogP contribution in [0.3, 0.4) is 0 Å². The van der Waals surface area contributed by atoms with Crippen LogP contribution >= 0.6 is 11.8 Å². The second-order valence-corrected chi connectivity index (χ2v) is 8.22. The zero-order valence-corrected chi connectivity index (χ0v) is 12.7. The summed E-state index contributed by atoms with van der Waals surface area (Å²) in [7, 11) is -3.05. The van der Waals surface area contributed by atoms with E-state index >= 15 is 0 Å². The number of hydrogen-bond donors (Lipinski definition) is 1. The van der Waals surface area contributed by atoms with Gasteiger partial charge in [0.15, 0.2) is 9.84 Å². The van der Waals surface area contributed by atoms with Gasteiger partial charge in [0.1, 0.15) is 5.37 Å². The molecule has 6 heteroatoms. The molecular weight excluding hydrogens is 280 g/mol. The molecular formula is C13H20N2O2S2. The van der Waals surface area contributed by atoms with E-state index in [0.29, 0.717) is 12.3 Å². The molecule has 2 rings (SSSR count). The van der Waals surface area contributed by atoms with Crippen LogP contribution in [0.1, 0.15) is 11.6 Å². The molecule has 2 atom stereocenters. The third kappa shape index (κ3) is 3.95. The summed E-state index contributed by atoms with van der Waals surface area (Å²) in [5, 5.41) is -0.402. The van der Waals surface area contributed by atoms with E-state index in [1.165, 1.54) is 6.26 Å². The molecule has 4 nitrogen and oxygen atoms in total. The summed E-state index contributed by atoms with van der Waals surface area (Å²) in [6.07, 6.45) is 1.31. The number of thioether (sulfide) groups is 1. The van der Waals surface area contributed by atoms with E-state index in [9.17, 15) is 8.42 Å². The van der Waals surface area contributed by atoms with Gasteiger partial charge in [0.2, 0.25) is 0 Å². The number of nitrogens with two attached hydrogens (primary N) is 1. The summed E-state index contributed by atoms with van der Waals surface area (Å²) >= 11 is 1.69. The number of rotatable bonds is 4. The molecule has 0 bridgehead atoms. The first-order valence-corrected chi connectivity index (χ1v) is 9.40. The molecule has 0 saturated carbocycles. The molecule has 1 saturated heterocycles. The second kappa shape index (κ2) is 6.26. The lowest BCUT2D eigenvalue weighted by molar-refractivity contribution is 0.254. The quantitative estimate of drug-likeness (QED) is 0.902. The van der Waals surface area contributed by atoms with Crippen molar-refractivity contribution in [3.63, 3.8) is 0 Å².